The second-order valence-electron chi connectivity index (χ2n) is 9.45. The summed E-state index contributed by atoms with van der Waals surface area (Å²) in [6.45, 7) is 7.37. The highest BCUT2D eigenvalue weighted by molar-refractivity contribution is 5.94. The van der Waals surface area contributed by atoms with Gasteiger partial charge in [0.25, 0.3) is 0 Å². The van der Waals surface area contributed by atoms with E-state index in [1.807, 2.05) is 13.8 Å². The van der Waals surface area contributed by atoms with Gasteiger partial charge >= 0.3 is 11.9 Å². The lowest BCUT2D eigenvalue weighted by molar-refractivity contribution is -0.144. The summed E-state index contributed by atoms with van der Waals surface area (Å²) in [7, 11) is 0. The topological polar surface area (TPSA) is 252 Å². The molecular formula is C23H43N7O7. The summed E-state index contributed by atoms with van der Waals surface area (Å²) in [5.74, 6) is -5.07. The summed E-state index contributed by atoms with van der Waals surface area (Å²) in [6.07, 6.45) is 0.669. The zero-order valence-corrected chi connectivity index (χ0v) is 22.0. The lowest BCUT2D eigenvalue weighted by Gasteiger charge is -2.27. The molecule has 212 valence electrons. The van der Waals surface area contributed by atoms with Crippen molar-refractivity contribution in [2.45, 2.75) is 90.4 Å². The molecule has 0 aromatic heterocycles. The van der Waals surface area contributed by atoms with Crippen LogP contribution in [0.1, 0.15) is 66.2 Å². The number of carbonyl (C=O) groups excluding carboxylic acids is 3. The van der Waals surface area contributed by atoms with Crippen molar-refractivity contribution in [2.75, 3.05) is 6.54 Å². The third-order valence-electron chi connectivity index (χ3n) is 5.70. The quantitative estimate of drug-likeness (QED) is 0.0601. The number of nitrogens with one attached hydrogen (secondary N) is 3. The highest BCUT2D eigenvalue weighted by Gasteiger charge is 2.32. The van der Waals surface area contributed by atoms with E-state index < -0.39 is 66.2 Å². The van der Waals surface area contributed by atoms with Crippen LogP contribution >= 0.6 is 0 Å². The van der Waals surface area contributed by atoms with E-state index in [0.717, 1.165) is 0 Å². The summed E-state index contributed by atoms with van der Waals surface area (Å²) in [4.78, 5) is 65.1. The maximum atomic E-state index is 13.1. The van der Waals surface area contributed by atoms with Crippen LogP contribution in [-0.4, -0.2) is 76.5 Å². The number of hydrogen-bond donors (Lipinski definition) is 8. The fourth-order valence-corrected chi connectivity index (χ4v) is 3.38. The highest BCUT2D eigenvalue weighted by Crippen LogP contribution is 2.11. The molecule has 14 heteroatoms. The minimum atomic E-state index is -1.32. The fourth-order valence-electron chi connectivity index (χ4n) is 3.38. The van der Waals surface area contributed by atoms with Gasteiger partial charge in [0.15, 0.2) is 5.96 Å². The molecule has 0 aliphatic heterocycles. The third-order valence-corrected chi connectivity index (χ3v) is 5.70. The molecule has 0 radical (unpaired) electrons. The van der Waals surface area contributed by atoms with Crippen molar-refractivity contribution in [1.29, 1.82) is 0 Å². The van der Waals surface area contributed by atoms with Crippen LogP contribution in [0.3, 0.4) is 0 Å². The Hall–Kier alpha value is -3.42. The van der Waals surface area contributed by atoms with Gasteiger partial charge in [0.2, 0.25) is 17.7 Å². The molecule has 0 saturated heterocycles. The van der Waals surface area contributed by atoms with E-state index in [1.54, 1.807) is 13.8 Å². The Morgan fingerprint density at radius 2 is 1.43 bits per heavy atom. The van der Waals surface area contributed by atoms with Gasteiger partial charge in [-0.1, -0.05) is 34.1 Å². The first-order chi connectivity index (χ1) is 17.2. The minimum Gasteiger partial charge on any atom is -0.481 e. The molecule has 0 saturated carbocycles. The molecule has 14 nitrogen and oxygen atoms in total. The molecule has 0 aliphatic rings. The predicted molar refractivity (Wildman–Crippen MR) is 137 cm³/mol. The van der Waals surface area contributed by atoms with Gasteiger partial charge in [-0.05, 0) is 37.5 Å². The molecule has 5 unspecified atom stereocenters. The van der Waals surface area contributed by atoms with E-state index in [-0.39, 0.29) is 37.7 Å². The Labute approximate surface area is 217 Å². The van der Waals surface area contributed by atoms with Crippen molar-refractivity contribution in [2.24, 2.45) is 34.0 Å². The van der Waals surface area contributed by atoms with Gasteiger partial charge in [0.1, 0.15) is 18.1 Å². The molecule has 0 spiro atoms. The van der Waals surface area contributed by atoms with E-state index >= 15 is 0 Å². The molecule has 0 fully saturated rings. The number of aliphatic carboxylic acids is 2. The molecule has 0 rings (SSSR count). The molecule has 0 aromatic rings. The van der Waals surface area contributed by atoms with Gasteiger partial charge in [-0.25, -0.2) is 4.79 Å². The van der Waals surface area contributed by atoms with Crippen molar-refractivity contribution in [3.05, 3.63) is 0 Å². The van der Waals surface area contributed by atoms with Crippen molar-refractivity contribution in [3.8, 4) is 0 Å². The first kappa shape index (κ1) is 33.6. The van der Waals surface area contributed by atoms with Gasteiger partial charge < -0.3 is 43.4 Å². The standard InChI is InChI=1S/C23H43N7O7/c1-5-13(4)18(22(36)37)30-20(34)15(8-9-17(31)32)28-21(35)16(11-12(2)3)29-19(33)14(24)7-6-10-27-23(25)26/h12-16,18H,5-11,24H2,1-4H3,(H,28,35)(H,29,33)(H,30,34)(H,31,32)(H,36,37)(H4,25,26,27). The number of guanidine groups is 1. The first-order valence-electron chi connectivity index (χ1n) is 12.4. The Kier molecular flexibility index (Phi) is 15.5. The Balaban J connectivity index is 5.52. The van der Waals surface area contributed by atoms with Gasteiger partial charge in [-0.15, -0.1) is 0 Å². The second-order valence-corrected chi connectivity index (χ2v) is 9.45. The van der Waals surface area contributed by atoms with Crippen molar-refractivity contribution >= 4 is 35.6 Å². The van der Waals surface area contributed by atoms with Crippen LogP contribution in [0.25, 0.3) is 0 Å². The van der Waals surface area contributed by atoms with Crippen LogP contribution < -0.4 is 33.2 Å². The monoisotopic (exact) mass is 529 g/mol. The molecule has 5 atom stereocenters. The average molecular weight is 530 g/mol. The van der Waals surface area contributed by atoms with E-state index in [1.165, 1.54) is 0 Å². The number of rotatable bonds is 18. The van der Waals surface area contributed by atoms with Gasteiger partial charge in [-0.3, -0.25) is 24.2 Å². The van der Waals surface area contributed by atoms with Crippen LogP contribution in [0.15, 0.2) is 4.99 Å². The summed E-state index contributed by atoms with van der Waals surface area (Å²) in [5.41, 5.74) is 16.4. The third kappa shape index (κ3) is 14.0. The summed E-state index contributed by atoms with van der Waals surface area (Å²) < 4.78 is 0. The summed E-state index contributed by atoms with van der Waals surface area (Å²) >= 11 is 0. The molecule has 37 heavy (non-hydrogen) atoms. The molecule has 0 heterocycles. The summed E-state index contributed by atoms with van der Waals surface area (Å²) in [5, 5.41) is 26.0. The smallest absolute Gasteiger partial charge is 0.326 e. The van der Waals surface area contributed by atoms with Crippen LogP contribution in [-0.2, 0) is 24.0 Å². The molecular weight excluding hydrogens is 486 g/mol. The minimum absolute atomic E-state index is 0.0257. The number of aliphatic imine (C=N–C) groups is 1. The van der Waals surface area contributed by atoms with Crippen molar-refractivity contribution in [1.82, 2.24) is 16.0 Å². The molecule has 11 N–H and O–H groups in total. The van der Waals surface area contributed by atoms with Gasteiger partial charge in [-0.2, -0.15) is 0 Å². The van der Waals surface area contributed by atoms with Crippen LogP contribution in [0.2, 0.25) is 0 Å². The fraction of sp³-hybridized carbons (Fsp3) is 0.739. The first-order valence-corrected chi connectivity index (χ1v) is 12.4. The Morgan fingerprint density at radius 3 is 1.92 bits per heavy atom. The van der Waals surface area contributed by atoms with Crippen molar-refractivity contribution < 1.29 is 34.2 Å². The number of nitrogens with two attached hydrogens (primary N) is 3. The van der Waals surface area contributed by atoms with E-state index in [9.17, 15) is 29.1 Å². The highest BCUT2D eigenvalue weighted by atomic mass is 16.4. The Morgan fingerprint density at radius 1 is 0.865 bits per heavy atom. The number of carbonyl (C=O) groups is 5. The number of carboxylic acids is 2. The van der Waals surface area contributed by atoms with Gasteiger partial charge in [0.05, 0.1) is 6.04 Å². The van der Waals surface area contributed by atoms with Crippen LogP contribution in [0.5, 0.6) is 0 Å². The molecule has 0 bridgehead atoms. The van der Waals surface area contributed by atoms with Crippen molar-refractivity contribution in [3.63, 3.8) is 0 Å². The lowest BCUT2D eigenvalue weighted by atomic mass is 9.98. The Bertz CT molecular complexity index is 815. The van der Waals surface area contributed by atoms with E-state index in [0.29, 0.717) is 12.8 Å². The maximum Gasteiger partial charge on any atom is 0.326 e. The van der Waals surface area contributed by atoms with Gasteiger partial charge in [0, 0.05) is 13.0 Å². The number of carboxylic acid groups (broad SMARTS) is 2. The number of nitrogens with zero attached hydrogens (tertiary/aromatic N) is 1. The second kappa shape index (κ2) is 17.1. The average Bonchev–Trinajstić information content (AvgIpc) is 2.80. The molecule has 3 amide bonds. The predicted octanol–water partition coefficient (Wildman–Crippen LogP) is -1.14. The van der Waals surface area contributed by atoms with Crippen LogP contribution in [0, 0.1) is 11.8 Å². The molecule has 0 aliphatic carbocycles. The van der Waals surface area contributed by atoms with E-state index in [2.05, 4.69) is 20.9 Å². The molecule has 0 aromatic carbocycles. The number of hydrogen-bond acceptors (Lipinski definition) is 7. The number of amides is 3. The van der Waals surface area contributed by atoms with Crippen LogP contribution in [0.4, 0.5) is 0 Å². The zero-order valence-electron chi connectivity index (χ0n) is 22.0. The maximum absolute atomic E-state index is 13.1. The van der Waals surface area contributed by atoms with E-state index in [4.69, 9.17) is 22.3 Å². The normalized spacial score (nSPS) is 15.0. The largest absolute Gasteiger partial charge is 0.481 e. The lowest BCUT2D eigenvalue weighted by Crippen LogP contribution is -2.58. The zero-order chi connectivity index (χ0) is 28.7. The summed E-state index contributed by atoms with van der Waals surface area (Å²) in [6, 6.07) is -4.53. The SMILES string of the molecule is CCC(C)C(NC(=O)C(CCC(=O)O)NC(=O)C(CC(C)C)NC(=O)C(N)CCCN=C(N)N)C(=O)O.